The van der Waals surface area contributed by atoms with Crippen molar-refractivity contribution < 1.29 is 19.5 Å². The maximum Gasteiger partial charge on any atom is 0.326 e. The number of fused-ring (bicyclic) bond motifs is 1. The first-order valence-corrected chi connectivity index (χ1v) is 9.40. The zero-order chi connectivity index (χ0) is 20.1. The van der Waals surface area contributed by atoms with Gasteiger partial charge in [0.15, 0.2) is 0 Å². The van der Waals surface area contributed by atoms with E-state index in [9.17, 15) is 19.5 Å². The lowest BCUT2D eigenvalue weighted by Gasteiger charge is -2.28. The van der Waals surface area contributed by atoms with Crippen LogP contribution in [0.4, 0.5) is 5.69 Å². The largest absolute Gasteiger partial charge is 0.480 e. The van der Waals surface area contributed by atoms with Crippen LogP contribution in [0, 0.1) is 5.92 Å². The van der Waals surface area contributed by atoms with Crippen LogP contribution in [0.1, 0.15) is 30.9 Å². The van der Waals surface area contributed by atoms with E-state index in [0.717, 1.165) is 16.8 Å². The number of carboxylic acids is 1. The summed E-state index contributed by atoms with van der Waals surface area (Å²) in [7, 11) is 0. The minimum Gasteiger partial charge on any atom is -0.480 e. The smallest absolute Gasteiger partial charge is 0.326 e. The van der Waals surface area contributed by atoms with Crippen molar-refractivity contribution in [2.24, 2.45) is 5.92 Å². The first kappa shape index (κ1) is 19.6. The topological polar surface area (TPSA) is 86.7 Å². The predicted molar refractivity (Wildman–Crippen MR) is 106 cm³/mol. The summed E-state index contributed by atoms with van der Waals surface area (Å²) in [5, 5.41) is 12.3. The molecule has 6 nitrogen and oxygen atoms in total. The molecular weight excluding hydrogens is 356 g/mol. The monoisotopic (exact) mass is 380 g/mol. The van der Waals surface area contributed by atoms with Crippen molar-refractivity contribution in [2.45, 2.75) is 38.8 Å². The number of aliphatic carboxylic acids is 1. The maximum atomic E-state index is 12.8. The molecule has 2 amide bonds. The summed E-state index contributed by atoms with van der Waals surface area (Å²) in [5.41, 5.74) is 2.74. The Kier molecular flexibility index (Phi) is 6.09. The average molecular weight is 380 g/mol. The van der Waals surface area contributed by atoms with Crippen LogP contribution in [0.5, 0.6) is 0 Å². The van der Waals surface area contributed by atoms with Crippen LogP contribution < -0.4 is 5.32 Å². The van der Waals surface area contributed by atoms with Crippen molar-refractivity contribution >= 4 is 23.5 Å². The van der Waals surface area contributed by atoms with Gasteiger partial charge < -0.3 is 15.3 Å². The molecule has 0 aromatic heterocycles. The molecule has 2 aromatic carbocycles. The van der Waals surface area contributed by atoms with Gasteiger partial charge in [0.05, 0.1) is 0 Å². The van der Waals surface area contributed by atoms with Crippen molar-refractivity contribution in [3.63, 3.8) is 0 Å². The van der Waals surface area contributed by atoms with Crippen LogP contribution in [-0.2, 0) is 27.3 Å². The number of nitrogens with one attached hydrogen (secondary N) is 1. The van der Waals surface area contributed by atoms with Crippen LogP contribution in [0.2, 0.25) is 0 Å². The van der Waals surface area contributed by atoms with Crippen LogP contribution in [0.15, 0.2) is 54.6 Å². The maximum absolute atomic E-state index is 12.8. The highest BCUT2D eigenvalue weighted by Crippen LogP contribution is 2.28. The summed E-state index contributed by atoms with van der Waals surface area (Å²) in [6.07, 6.45) is 1.10. The Balaban J connectivity index is 1.66. The van der Waals surface area contributed by atoms with E-state index in [0.29, 0.717) is 12.8 Å². The summed E-state index contributed by atoms with van der Waals surface area (Å²) in [5.74, 6) is -1.69. The fraction of sp³-hybridized carbons (Fsp3) is 0.318. The lowest BCUT2D eigenvalue weighted by Crippen LogP contribution is -2.43. The highest BCUT2D eigenvalue weighted by molar-refractivity contribution is 5.96. The first-order chi connectivity index (χ1) is 13.5. The minimum atomic E-state index is -1.05. The van der Waals surface area contributed by atoms with E-state index in [1.54, 1.807) is 0 Å². The average Bonchev–Trinajstić information content (AvgIpc) is 2.70. The van der Waals surface area contributed by atoms with Gasteiger partial charge in [0, 0.05) is 24.6 Å². The number of benzene rings is 2. The molecule has 0 radical (unpaired) electrons. The van der Waals surface area contributed by atoms with Crippen molar-refractivity contribution in [1.29, 1.82) is 0 Å². The van der Waals surface area contributed by atoms with Gasteiger partial charge in [0.25, 0.3) is 0 Å². The van der Waals surface area contributed by atoms with E-state index in [1.165, 1.54) is 11.8 Å². The van der Waals surface area contributed by atoms with Gasteiger partial charge in [-0.2, -0.15) is 0 Å². The number of nitrogens with zero attached hydrogens (tertiary/aromatic N) is 1. The molecule has 2 atom stereocenters. The number of amides is 2. The van der Waals surface area contributed by atoms with Gasteiger partial charge in [-0.05, 0) is 37.0 Å². The van der Waals surface area contributed by atoms with Crippen LogP contribution in [-0.4, -0.2) is 33.8 Å². The van der Waals surface area contributed by atoms with Crippen LogP contribution in [0.3, 0.4) is 0 Å². The third-order valence-corrected chi connectivity index (χ3v) is 5.16. The third-order valence-electron chi connectivity index (χ3n) is 5.16. The van der Waals surface area contributed by atoms with Gasteiger partial charge in [-0.15, -0.1) is 0 Å². The summed E-state index contributed by atoms with van der Waals surface area (Å²) in [4.78, 5) is 38.0. The Morgan fingerprint density at radius 3 is 2.54 bits per heavy atom. The fourth-order valence-electron chi connectivity index (χ4n) is 3.44. The molecule has 2 unspecified atom stereocenters. The minimum absolute atomic E-state index is 0.0904. The molecule has 1 aliphatic rings. The van der Waals surface area contributed by atoms with Crippen LogP contribution in [0.25, 0.3) is 0 Å². The van der Waals surface area contributed by atoms with E-state index in [4.69, 9.17) is 0 Å². The number of hydrogen-bond acceptors (Lipinski definition) is 3. The zero-order valence-corrected chi connectivity index (χ0v) is 15.8. The quantitative estimate of drug-likeness (QED) is 0.773. The summed E-state index contributed by atoms with van der Waals surface area (Å²) in [6, 6.07) is 16.0. The Hall–Kier alpha value is -3.15. The Bertz CT molecular complexity index is 866. The van der Waals surface area contributed by atoms with Gasteiger partial charge >= 0.3 is 5.97 Å². The molecule has 2 aromatic rings. The normalized spacial score (nSPS) is 16.6. The van der Waals surface area contributed by atoms with E-state index < -0.39 is 12.0 Å². The van der Waals surface area contributed by atoms with Gasteiger partial charge in [-0.1, -0.05) is 48.5 Å². The molecule has 1 heterocycles. The first-order valence-electron chi connectivity index (χ1n) is 9.40. The van der Waals surface area contributed by atoms with Crippen molar-refractivity contribution in [3.05, 3.63) is 65.7 Å². The number of hydrogen-bond donors (Lipinski definition) is 2. The molecule has 146 valence electrons. The standard InChI is InChI=1S/C22H24N2O4/c1-15(22(27)28)24(14-16-7-3-2-4-8-16)20(25)12-11-18-13-17-9-5-6-10-19(17)23-21(18)26/h2-10,15,18H,11-14H2,1H3,(H,23,26)(H,27,28). The van der Waals surface area contributed by atoms with Crippen molar-refractivity contribution in [3.8, 4) is 0 Å². The van der Waals surface area contributed by atoms with E-state index in [-0.39, 0.29) is 30.7 Å². The molecule has 1 aliphatic heterocycles. The van der Waals surface area contributed by atoms with Gasteiger partial charge in [-0.3, -0.25) is 9.59 Å². The molecule has 3 rings (SSSR count). The fourth-order valence-corrected chi connectivity index (χ4v) is 3.44. The highest BCUT2D eigenvalue weighted by Gasteiger charge is 2.29. The molecule has 0 fully saturated rings. The Morgan fingerprint density at radius 2 is 1.82 bits per heavy atom. The summed E-state index contributed by atoms with van der Waals surface area (Å²) >= 11 is 0. The molecule has 0 saturated heterocycles. The van der Waals surface area contributed by atoms with E-state index in [2.05, 4.69) is 5.32 Å². The predicted octanol–water partition coefficient (Wildman–Crippen LogP) is 3.08. The number of carbonyl (C=O) groups is 3. The van der Waals surface area contributed by atoms with Crippen molar-refractivity contribution in [2.75, 3.05) is 5.32 Å². The molecule has 0 aliphatic carbocycles. The lowest BCUT2D eigenvalue weighted by molar-refractivity contribution is -0.150. The van der Waals surface area contributed by atoms with Gasteiger partial charge in [0.2, 0.25) is 11.8 Å². The van der Waals surface area contributed by atoms with E-state index >= 15 is 0 Å². The lowest BCUT2D eigenvalue weighted by atomic mass is 9.89. The number of anilines is 1. The Morgan fingerprint density at radius 1 is 1.14 bits per heavy atom. The number of carbonyl (C=O) groups excluding carboxylic acids is 2. The molecule has 6 heteroatoms. The molecule has 28 heavy (non-hydrogen) atoms. The second kappa shape index (κ2) is 8.69. The molecule has 0 saturated carbocycles. The second-order valence-corrected chi connectivity index (χ2v) is 7.11. The van der Waals surface area contributed by atoms with E-state index in [1.807, 2.05) is 54.6 Å². The molecular formula is C22H24N2O4. The number of rotatable bonds is 7. The molecule has 2 N–H and O–H groups in total. The second-order valence-electron chi connectivity index (χ2n) is 7.11. The van der Waals surface area contributed by atoms with Gasteiger partial charge in [0.1, 0.15) is 6.04 Å². The van der Waals surface area contributed by atoms with Crippen molar-refractivity contribution in [1.82, 2.24) is 4.90 Å². The Labute approximate surface area is 164 Å². The highest BCUT2D eigenvalue weighted by atomic mass is 16.4. The number of carboxylic acid groups (broad SMARTS) is 1. The van der Waals surface area contributed by atoms with Crippen LogP contribution >= 0.6 is 0 Å². The summed E-state index contributed by atoms with van der Waals surface area (Å²) in [6.45, 7) is 1.74. The third kappa shape index (κ3) is 4.57. The molecule has 0 spiro atoms. The molecule has 0 bridgehead atoms. The summed E-state index contributed by atoms with van der Waals surface area (Å²) < 4.78 is 0. The zero-order valence-electron chi connectivity index (χ0n) is 15.8. The van der Waals surface area contributed by atoms with Gasteiger partial charge in [-0.25, -0.2) is 4.79 Å². The number of para-hydroxylation sites is 1. The SMILES string of the molecule is CC(C(=O)O)N(Cc1ccccc1)C(=O)CCC1Cc2ccccc2NC1=O.